The summed E-state index contributed by atoms with van der Waals surface area (Å²) in [6, 6.07) is 10.6. The van der Waals surface area contributed by atoms with Crippen LogP contribution in [0.15, 0.2) is 42.5 Å². The Morgan fingerprint density at radius 1 is 1.26 bits per heavy atom. The van der Waals surface area contributed by atoms with Gasteiger partial charge in [0.2, 0.25) is 0 Å². The third kappa shape index (κ3) is 2.82. The minimum absolute atomic E-state index is 0.0168. The number of carbonyl (C=O) groups excluding carboxylic acids is 1. The lowest BCUT2D eigenvalue weighted by molar-refractivity contribution is 0.102. The molecule has 2 aromatic rings. The van der Waals surface area contributed by atoms with Gasteiger partial charge in [0, 0.05) is 5.69 Å². The van der Waals surface area contributed by atoms with Crippen molar-refractivity contribution < 1.29 is 13.9 Å². The predicted molar refractivity (Wildman–Crippen MR) is 71.8 cm³/mol. The number of hydrogen-bond donors (Lipinski definition) is 2. The van der Waals surface area contributed by atoms with E-state index in [0.29, 0.717) is 17.1 Å². The van der Waals surface area contributed by atoms with Crippen LogP contribution in [0.4, 0.5) is 15.8 Å². The van der Waals surface area contributed by atoms with E-state index in [9.17, 15) is 9.18 Å². The summed E-state index contributed by atoms with van der Waals surface area (Å²) in [7, 11) is 1.50. The average molecular weight is 260 g/mol. The van der Waals surface area contributed by atoms with Gasteiger partial charge < -0.3 is 15.8 Å². The Morgan fingerprint density at radius 2 is 2.00 bits per heavy atom. The monoisotopic (exact) mass is 260 g/mol. The number of ether oxygens (including phenoxy) is 1. The molecule has 5 heteroatoms. The SMILES string of the molecule is COc1ccc(NC(=O)c2ccccc2F)cc1N. The average Bonchev–Trinajstić information content (AvgIpc) is 2.39. The first-order valence-corrected chi connectivity index (χ1v) is 5.61. The van der Waals surface area contributed by atoms with Gasteiger partial charge in [-0.25, -0.2) is 4.39 Å². The summed E-state index contributed by atoms with van der Waals surface area (Å²) in [6.45, 7) is 0. The molecule has 2 rings (SSSR count). The highest BCUT2D eigenvalue weighted by atomic mass is 19.1. The summed E-state index contributed by atoms with van der Waals surface area (Å²) in [6.07, 6.45) is 0. The second kappa shape index (κ2) is 5.39. The van der Waals surface area contributed by atoms with Gasteiger partial charge in [-0.05, 0) is 30.3 Å². The number of anilines is 2. The van der Waals surface area contributed by atoms with Crippen molar-refractivity contribution in [2.45, 2.75) is 0 Å². The number of carbonyl (C=O) groups is 1. The minimum Gasteiger partial charge on any atom is -0.495 e. The quantitative estimate of drug-likeness (QED) is 0.834. The van der Waals surface area contributed by atoms with Gasteiger partial charge >= 0.3 is 0 Å². The maximum atomic E-state index is 13.4. The molecular weight excluding hydrogens is 247 g/mol. The standard InChI is InChI=1S/C14H13FN2O2/c1-19-13-7-6-9(8-12(13)16)17-14(18)10-4-2-3-5-11(10)15/h2-8H,16H2,1H3,(H,17,18). The number of methoxy groups -OCH3 is 1. The second-order valence-electron chi connectivity index (χ2n) is 3.89. The van der Waals surface area contributed by atoms with Crippen molar-refractivity contribution in [1.82, 2.24) is 0 Å². The number of benzene rings is 2. The molecule has 0 fully saturated rings. The summed E-state index contributed by atoms with van der Waals surface area (Å²) in [5.74, 6) is -0.576. The van der Waals surface area contributed by atoms with Crippen molar-refractivity contribution in [1.29, 1.82) is 0 Å². The van der Waals surface area contributed by atoms with Gasteiger partial charge in [-0.3, -0.25) is 4.79 Å². The van der Waals surface area contributed by atoms with Crippen LogP contribution in [0.5, 0.6) is 5.75 Å². The highest BCUT2D eigenvalue weighted by molar-refractivity contribution is 6.04. The summed E-state index contributed by atoms with van der Waals surface area (Å²) in [5.41, 5.74) is 6.58. The summed E-state index contributed by atoms with van der Waals surface area (Å²) in [4.78, 5) is 11.9. The smallest absolute Gasteiger partial charge is 0.258 e. The fourth-order valence-corrected chi connectivity index (χ4v) is 1.66. The topological polar surface area (TPSA) is 64.3 Å². The van der Waals surface area contributed by atoms with Crippen LogP contribution in [0.25, 0.3) is 0 Å². The zero-order chi connectivity index (χ0) is 13.8. The Bertz CT molecular complexity index is 614. The zero-order valence-corrected chi connectivity index (χ0v) is 10.3. The van der Waals surface area contributed by atoms with Crippen LogP contribution in [0.1, 0.15) is 10.4 Å². The van der Waals surface area contributed by atoms with Crippen LogP contribution in [-0.2, 0) is 0 Å². The molecule has 0 bridgehead atoms. The van der Waals surface area contributed by atoms with E-state index >= 15 is 0 Å². The van der Waals surface area contributed by atoms with E-state index in [1.165, 1.54) is 25.3 Å². The Hall–Kier alpha value is -2.56. The van der Waals surface area contributed by atoms with Gasteiger partial charge in [-0.1, -0.05) is 12.1 Å². The number of amides is 1. The maximum absolute atomic E-state index is 13.4. The molecule has 98 valence electrons. The molecule has 2 aromatic carbocycles. The van der Waals surface area contributed by atoms with Crippen LogP contribution in [0.2, 0.25) is 0 Å². The molecule has 19 heavy (non-hydrogen) atoms. The molecule has 0 heterocycles. The minimum atomic E-state index is -0.568. The number of nitrogen functional groups attached to an aromatic ring is 1. The van der Waals surface area contributed by atoms with E-state index in [1.54, 1.807) is 24.3 Å². The van der Waals surface area contributed by atoms with Crippen LogP contribution < -0.4 is 15.8 Å². The second-order valence-corrected chi connectivity index (χ2v) is 3.89. The van der Waals surface area contributed by atoms with Crippen molar-refractivity contribution in [3.63, 3.8) is 0 Å². The van der Waals surface area contributed by atoms with Gasteiger partial charge in [0.05, 0.1) is 18.4 Å². The Balaban J connectivity index is 2.20. The first kappa shape index (κ1) is 12.9. The third-order valence-corrected chi connectivity index (χ3v) is 2.61. The molecule has 0 aromatic heterocycles. The van der Waals surface area contributed by atoms with Crippen molar-refractivity contribution in [3.8, 4) is 5.75 Å². The molecule has 4 nitrogen and oxygen atoms in total. The van der Waals surface area contributed by atoms with Gasteiger partial charge in [0.25, 0.3) is 5.91 Å². The summed E-state index contributed by atoms with van der Waals surface area (Å²) >= 11 is 0. The van der Waals surface area contributed by atoms with Crippen LogP contribution >= 0.6 is 0 Å². The van der Waals surface area contributed by atoms with Gasteiger partial charge in [0.1, 0.15) is 11.6 Å². The largest absolute Gasteiger partial charge is 0.495 e. The van der Waals surface area contributed by atoms with E-state index in [2.05, 4.69) is 5.32 Å². The Morgan fingerprint density at radius 3 is 2.63 bits per heavy atom. The molecule has 0 spiro atoms. The van der Waals surface area contributed by atoms with Crippen molar-refractivity contribution in [2.24, 2.45) is 0 Å². The Kier molecular flexibility index (Phi) is 3.66. The summed E-state index contributed by atoms with van der Waals surface area (Å²) in [5, 5.41) is 2.58. The highest BCUT2D eigenvalue weighted by Gasteiger charge is 2.11. The fraction of sp³-hybridized carbons (Fsp3) is 0.0714. The number of nitrogens with two attached hydrogens (primary N) is 1. The molecule has 0 saturated carbocycles. The van der Waals surface area contributed by atoms with Crippen LogP contribution in [-0.4, -0.2) is 13.0 Å². The fourth-order valence-electron chi connectivity index (χ4n) is 1.66. The molecule has 3 N–H and O–H groups in total. The molecular formula is C14H13FN2O2. The molecule has 0 aliphatic carbocycles. The predicted octanol–water partition coefficient (Wildman–Crippen LogP) is 2.67. The van der Waals surface area contributed by atoms with E-state index in [1.807, 2.05) is 0 Å². The molecule has 0 aliphatic rings. The maximum Gasteiger partial charge on any atom is 0.258 e. The summed E-state index contributed by atoms with van der Waals surface area (Å²) < 4.78 is 18.4. The lowest BCUT2D eigenvalue weighted by atomic mass is 10.2. The van der Waals surface area contributed by atoms with Crippen molar-refractivity contribution in [3.05, 3.63) is 53.8 Å². The molecule has 0 unspecified atom stereocenters. The van der Waals surface area contributed by atoms with E-state index in [-0.39, 0.29) is 5.56 Å². The van der Waals surface area contributed by atoms with Crippen molar-refractivity contribution in [2.75, 3.05) is 18.2 Å². The van der Waals surface area contributed by atoms with Gasteiger partial charge in [0.15, 0.2) is 0 Å². The van der Waals surface area contributed by atoms with E-state index in [4.69, 9.17) is 10.5 Å². The Labute approximate surface area is 110 Å². The lowest BCUT2D eigenvalue weighted by Gasteiger charge is -2.09. The van der Waals surface area contributed by atoms with Crippen LogP contribution in [0, 0.1) is 5.82 Å². The number of halogens is 1. The van der Waals surface area contributed by atoms with E-state index in [0.717, 1.165) is 0 Å². The highest BCUT2D eigenvalue weighted by Crippen LogP contribution is 2.25. The molecule has 1 amide bonds. The van der Waals surface area contributed by atoms with Crippen LogP contribution in [0.3, 0.4) is 0 Å². The first-order valence-electron chi connectivity index (χ1n) is 5.61. The number of rotatable bonds is 3. The molecule has 0 atom stereocenters. The lowest BCUT2D eigenvalue weighted by Crippen LogP contribution is -2.13. The first-order chi connectivity index (χ1) is 9.11. The van der Waals surface area contributed by atoms with Crippen molar-refractivity contribution >= 4 is 17.3 Å². The normalized spacial score (nSPS) is 10.0. The van der Waals surface area contributed by atoms with Gasteiger partial charge in [-0.2, -0.15) is 0 Å². The molecule has 0 aliphatic heterocycles. The van der Waals surface area contributed by atoms with E-state index < -0.39 is 11.7 Å². The molecule has 0 radical (unpaired) electrons. The third-order valence-electron chi connectivity index (χ3n) is 2.61. The number of nitrogens with one attached hydrogen (secondary N) is 1. The van der Waals surface area contributed by atoms with Gasteiger partial charge in [-0.15, -0.1) is 0 Å². The molecule has 0 saturated heterocycles. The zero-order valence-electron chi connectivity index (χ0n) is 10.3. The number of hydrogen-bond acceptors (Lipinski definition) is 3.